The molecule has 5 nitrogen and oxygen atoms in total. The Labute approximate surface area is 156 Å². The van der Waals surface area contributed by atoms with Crippen LogP contribution < -0.4 is 4.74 Å². The van der Waals surface area contributed by atoms with E-state index in [4.69, 9.17) is 9.47 Å². The topological polar surface area (TPSA) is 51.7 Å². The van der Waals surface area contributed by atoms with E-state index in [1.165, 1.54) is 16.9 Å². The normalized spacial score (nSPS) is 23.5. The molecule has 0 saturated carbocycles. The summed E-state index contributed by atoms with van der Waals surface area (Å²) < 4.78 is 12.1. The Kier molecular flexibility index (Phi) is 3.98. The van der Waals surface area contributed by atoms with Crippen molar-refractivity contribution in [3.63, 3.8) is 0 Å². The first-order chi connectivity index (χ1) is 12.7. The maximum atomic E-state index is 12.8. The number of thiophene rings is 1. The highest BCUT2D eigenvalue weighted by Crippen LogP contribution is 2.38. The lowest BCUT2D eigenvalue weighted by atomic mass is 9.84. The fraction of sp³-hybridized carbons (Fsp3) is 0.500. The van der Waals surface area contributed by atoms with Crippen molar-refractivity contribution in [2.24, 2.45) is 0 Å². The summed E-state index contributed by atoms with van der Waals surface area (Å²) in [7, 11) is 0. The average molecular weight is 370 g/mol. The number of aryl methyl sites for hydroxylation is 2. The fourth-order valence-corrected chi connectivity index (χ4v) is 5.50. The van der Waals surface area contributed by atoms with E-state index in [9.17, 15) is 4.79 Å². The van der Waals surface area contributed by atoms with E-state index in [1.54, 1.807) is 17.5 Å². The third-order valence-electron chi connectivity index (χ3n) is 5.58. The lowest BCUT2D eigenvalue weighted by Crippen LogP contribution is -2.67. The molecule has 2 fully saturated rings. The summed E-state index contributed by atoms with van der Waals surface area (Å²) in [6.45, 7) is 2.00. The molecular weight excluding hydrogens is 348 g/mol. The summed E-state index contributed by atoms with van der Waals surface area (Å²) >= 11 is 1.68. The number of fused-ring (bicyclic) bond motifs is 1. The summed E-state index contributed by atoms with van der Waals surface area (Å²) in [5, 5.41) is 0. The Morgan fingerprint density at radius 3 is 3.08 bits per heavy atom. The summed E-state index contributed by atoms with van der Waals surface area (Å²) in [6, 6.07) is 7.80. The Morgan fingerprint density at radius 1 is 1.35 bits per heavy atom. The minimum Gasteiger partial charge on any atom is -0.474 e. The Bertz CT molecular complexity index is 792. The Morgan fingerprint density at radius 2 is 2.27 bits per heavy atom. The van der Waals surface area contributed by atoms with E-state index in [1.807, 2.05) is 23.1 Å². The van der Waals surface area contributed by atoms with Gasteiger partial charge in [-0.1, -0.05) is 6.07 Å². The highest BCUT2D eigenvalue weighted by Gasteiger charge is 2.50. The van der Waals surface area contributed by atoms with Crippen LogP contribution in [0.4, 0.5) is 0 Å². The third-order valence-corrected chi connectivity index (χ3v) is 6.80. The second-order valence-electron chi connectivity index (χ2n) is 7.51. The van der Waals surface area contributed by atoms with Crippen LogP contribution in [0.15, 0.2) is 30.5 Å². The van der Waals surface area contributed by atoms with E-state index in [2.05, 4.69) is 11.1 Å². The zero-order valence-electron chi connectivity index (χ0n) is 14.6. The highest BCUT2D eigenvalue weighted by atomic mass is 32.1. The molecule has 1 amide bonds. The van der Waals surface area contributed by atoms with Gasteiger partial charge in [-0.05, 0) is 37.0 Å². The van der Waals surface area contributed by atoms with Crippen LogP contribution in [-0.4, -0.2) is 47.2 Å². The third kappa shape index (κ3) is 2.91. The van der Waals surface area contributed by atoms with Crippen molar-refractivity contribution in [2.75, 3.05) is 19.7 Å². The van der Waals surface area contributed by atoms with Gasteiger partial charge >= 0.3 is 0 Å². The van der Waals surface area contributed by atoms with E-state index < -0.39 is 0 Å². The van der Waals surface area contributed by atoms with E-state index in [0.717, 1.165) is 30.6 Å². The fourth-order valence-electron chi connectivity index (χ4n) is 4.27. The van der Waals surface area contributed by atoms with Crippen LogP contribution in [0.5, 0.6) is 5.88 Å². The smallest absolute Gasteiger partial charge is 0.264 e. The number of carbonyl (C=O) groups is 1. The molecule has 5 rings (SSSR count). The predicted octanol–water partition coefficient (Wildman–Crippen LogP) is 3.08. The van der Waals surface area contributed by atoms with Crippen molar-refractivity contribution in [3.05, 3.63) is 45.8 Å². The van der Waals surface area contributed by atoms with Crippen LogP contribution in [0.1, 0.15) is 39.4 Å². The van der Waals surface area contributed by atoms with Gasteiger partial charge in [0.05, 0.1) is 24.6 Å². The lowest BCUT2D eigenvalue weighted by Gasteiger charge is -2.52. The van der Waals surface area contributed by atoms with Crippen LogP contribution in [0, 0.1) is 0 Å². The van der Waals surface area contributed by atoms with Gasteiger partial charge < -0.3 is 14.4 Å². The van der Waals surface area contributed by atoms with Crippen LogP contribution in [0.25, 0.3) is 0 Å². The lowest BCUT2D eigenvalue weighted by molar-refractivity contribution is -0.174. The standard InChI is InChI=1S/C20H22N2O3S/c23-19(17-10-14-4-3-5-16(14)26-17)22-12-20(13-22)11-15(7-9-24-20)25-18-6-1-2-8-21-18/h1-2,6,8,10,15H,3-5,7,9,11-13H2. The summed E-state index contributed by atoms with van der Waals surface area (Å²) in [5.74, 6) is 0.821. The van der Waals surface area contributed by atoms with Gasteiger partial charge in [0, 0.05) is 30.0 Å². The summed E-state index contributed by atoms with van der Waals surface area (Å²) in [5.41, 5.74) is 1.14. The van der Waals surface area contributed by atoms with Gasteiger partial charge in [-0.3, -0.25) is 4.79 Å². The summed E-state index contributed by atoms with van der Waals surface area (Å²) in [6.07, 6.45) is 7.01. The maximum Gasteiger partial charge on any atom is 0.264 e. The van der Waals surface area contributed by atoms with Crippen molar-refractivity contribution in [2.45, 2.75) is 43.8 Å². The molecule has 0 aromatic carbocycles. The number of ether oxygens (including phenoxy) is 2. The van der Waals surface area contributed by atoms with Gasteiger partial charge in [0.15, 0.2) is 0 Å². The van der Waals surface area contributed by atoms with Crippen LogP contribution in [0.2, 0.25) is 0 Å². The Hall–Kier alpha value is -1.92. The zero-order valence-corrected chi connectivity index (χ0v) is 15.5. The molecule has 1 atom stereocenters. The number of aromatic nitrogens is 1. The molecule has 1 unspecified atom stereocenters. The molecule has 1 spiro atoms. The van der Waals surface area contributed by atoms with Gasteiger partial charge in [-0.25, -0.2) is 4.98 Å². The number of hydrogen-bond donors (Lipinski definition) is 0. The molecule has 2 aromatic rings. The number of likely N-dealkylation sites (tertiary alicyclic amines) is 1. The van der Waals surface area contributed by atoms with Gasteiger partial charge in [0.2, 0.25) is 5.88 Å². The molecule has 0 N–H and O–H groups in total. The maximum absolute atomic E-state index is 12.8. The van der Waals surface area contributed by atoms with Crippen molar-refractivity contribution in [3.8, 4) is 5.88 Å². The van der Waals surface area contributed by atoms with Gasteiger partial charge in [0.1, 0.15) is 11.7 Å². The number of amides is 1. The SMILES string of the molecule is O=C(c1cc2c(s1)CCC2)N1CC2(CC(Oc3ccccn3)CCO2)C1. The van der Waals surface area contributed by atoms with Crippen molar-refractivity contribution >= 4 is 17.2 Å². The van der Waals surface area contributed by atoms with E-state index >= 15 is 0 Å². The van der Waals surface area contributed by atoms with Crippen molar-refractivity contribution < 1.29 is 14.3 Å². The second-order valence-corrected chi connectivity index (χ2v) is 8.64. The quantitative estimate of drug-likeness (QED) is 0.833. The number of carbonyl (C=O) groups excluding carboxylic acids is 1. The number of nitrogens with zero attached hydrogens (tertiary/aromatic N) is 2. The number of pyridine rings is 1. The van der Waals surface area contributed by atoms with Crippen LogP contribution in [0.3, 0.4) is 0 Å². The molecule has 2 saturated heterocycles. The van der Waals surface area contributed by atoms with E-state index in [-0.39, 0.29) is 17.6 Å². The second kappa shape index (κ2) is 6.35. The summed E-state index contributed by atoms with van der Waals surface area (Å²) in [4.78, 5) is 21.2. The Balaban J connectivity index is 1.21. The van der Waals surface area contributed by atoms with Crippen LogP contribution in [-0.2, 0) is 17.6 Å². The highest BCUT2D eigenvalue weighted by molar-refractivity contribution is 7.14. The molecule has 0 radical (unpaired) electrons. The van der Waals surface area contributed by atoms with Crippen LogP contribution >= 0.6 is 11.3 Å². The van der Waals surface area contributed by atoms with Gasteiger partial charge in [-0.15, -0.1) is 11.3 Å². The molecule has 26 heavy (non-hydrogen) atoms. The van der Waals surface area contributed by atoms with Gasteiger partial charge in [-0.2, -0.15) is 0 Å². The van der Waals surface area contributed by atoms with Crippen molar-refractivity contribution in [1.82, 2.24) is 9.88 Å². The molecule has 136 valence electrons. The predicted molar refractivity (Wildman–Crippen MR) is 98.8 cm³/mol. The first-order valence-corrected chi connectivity index (χ1v) is 10.1. The van der Waals surface area contributed by atoms with E-state index in [0.29, 0.717) is 25.6 Å². The molecule has 2 aromatic heterocycles. The minimum absolute atomic E-state index is 0.0986. The molecule has 1 aliphatic carbocycles. The average Bonchev–Trinajstić information content (AvgIpc) is 3.22. The molecule has 2 aliphatic heterocycles. The molecule has 3 aliphatic rings. The number of rotatable bonds is 3. The first kappa shape index (κ1) is 16.3. The molecule has 0 bridgehead atoms. The molecule has 6 heteroatoms. The molecular formula is C20H22N2O3S. The first-order valence-electron chi connectivity index (χ1n) is 9.33. The minimum atomic E-state index is -0.243. The largest absolute Gasteiger partial charge is 0.474 e. The number of hydrogen-bond acceptors (Lipinski definition) is 5. The zero-order chi connectivity index (χ0) is 17.6. The van der Waals surface area contributed by atoms with Crippen molar-refractivity contribution in [1.29, 1.82) is 0 Å². The van der Waals surface area contributed by atoms with Gasteiger partial charge in [0.25, 0.3) is 5.91 Å². The molecule has 4 heterocycles. The monoisotopic (exact) mass is 370 g/mol.